The van der Waals surface area contributed by atoms with Gasteiger partial charge >= 0.3 is 17.2 Å². The molecule has 0 radical (unpaired) electrons. The lowest BCUT2D eigenvalue weighted by Crippen LogP contribution is -2.37. The van der Waals surface area contributed by atoms with Crippen molar-refractivity contribution in [2.24, 2.45) is 17.8 Å². The van der Waals surface area contributed by atoms with Crippen molar-refractivity contribution < 1.29 is 17.9 Å². The molecule has 6 rings (SSSR count). The third-order valence-electron chi connectivity index (χ3n) is 9.12. The first-order chi connectivity index (χ1) is 23.0. The molecule has 0 amide bonds. The highest BCUT2D eigenvalue weighted by atomic mass is 32.2. The number of rotatable bonds is 9. The molecule has 2 heterocycles. The van der Waals surface area contributed by atoms with Gasteiger partial charge in [0.05, 0.1) is 17.9 Å². The molecule has 2 N–H and O–H groups in total. The summed E-state index contributed by atoms with van der Waals surface area (Å²) in [4.78, 5) is 24.0. The van der Waals surface area contributed by atoms with E-state index in [0.29, 0.717) is 34.4 Å². The maximum atomic E-state index is 13.6. The van der Waals surface area contributed by atoms with Crippen LogP contribution in [0.4, 0.5) is 22.7 Å². The van der Waals surface area contributed by atoms with Crippen molar-refractivity contribution in [1.29, 1.82) is 0 Å². The van der Waals surface area contributed by atoms with Gasteiger partial charge in [-0.15, -0.1) is 0 Å². The highest BCUT2D eigenvalue weighted by molar-refractivity contribution is 7.82. The van der Waals surface area contributed by atoms with Crippen molar-refractivity contribution in [3.05, 3.63) is 101 Å². The third kappa shape index (κ3) is 6.66. The summed E-state index contributed by atoms with van der Waals surface area (Å²) in [5.41, 5.74) is 5.40. The van der Waals surface area contributed by atoms with Gasteiger partial charge < -0.3 is 13.8 Å². The molecular formula is C37H40N6O4S. The summed E-state index contributed by atoms with van der Waals surface area (Å²) < 4.78 is 29.9. The monoisotopic (exact) mass is 664 g/mol. The molecule has 0 aliphatic heterocycles. The van der Waals surface area contributed by atoms with Crippen LogP contribution in [0.5, 0.6) is 5.75 Å². The van der Waals surface area contributed by atoms with Crippen LogP contribution >= 0.6 is 0 Å². The minimum absolute atomic E-state index is 0.146. The van der Waals surface area contributed by atoms with Gasteiger partial charge in [0.2, 0.25) is 5.69 Å². The van der Waals surface area contributed by atoms with Crippen LogP contribution in [0.3, 0.4) is 0 Å². The zero-order valence-corrected chi connectivity index (χ0v) is 28.8. The summed E-state index contributed by atoms with van der Waals surface area (Å²) in [6, 6.07) is 21.2. The molecule has 3 unspecified atom stereocenters. The van der Waals surface area contributed by atoms with Crippen molar-refractivity contribution in [2.45, 2.75) is 53.6 Å². The topological polar surface area (TPSA) is 105 Å². The van der Waals surface area contributed by atoms with Crippen LogP contribution in [-0.2, 0) is 16.0 Å². The lowest BCUT2D eigenvalue weighted by atomic mass is 9.75. The highest BCUT2D eigenvalue weighted by Gasteiger charge is 2.35. The van der Waals surface area contributed by atoms with E-state index in [9.17, 15) is 9.00 Å². The zero-order chi connectivity index (χ0) is 34.1. The number of benzene rings is 3. The average molecular weight is 665 g/mol. The van der Waals surface area contributed by atoms with E-state index >= 15 is 0 Å². The molecule has 2 aromatic heterocycles. The summed E-state index contributed by atoms with van der Waals surface area (Å²) in [6.07, 6.45) is 3.31. The number of nitrogens with zero attached hydrogens (tertiary/aromatic N) is 4. The van der Waals surface area contributed by atoms with Crippen molar-refractivity contribution in [1.82, 2.24) is 14.6 Å². The van der Waals surface area contributed by atoms with Crippen molar-refractivity contribution in [2.75, 3.05) is 16.7 Å². The number of anilines is 3. The number of carbonyl (C=O) groups excluding carboxylic acids is 1. The van der Waals surface area contributed by atoms with Crippen LogP contribution in [0.25, 0.3) is 21.9 Å². The average Bonchev–Trinajstić information content (AvgIpc) is 3.62. The smallest absolute Gasteiger partial charge is 0.331 e. The molecule has 0 spiro atoms. The van der Waals surface area contributed by atoms with E-state index in [0.717, 1.165) is 35.3 Å². The van der Waals surface area contributed by atoms with E-state index in [2.05, 4.69) is 35.4 Å². The van der Waals surface area contributed by atoms with Crippen LogP contribution in [0, 0.1) is 38.2 Å². The van der Waals surface area contributed by atoms with E-state index < -0.39 is 17.2 Å². The summed E-state index contributed by atoms with van der Waals surface area (Å²) >= 11 is -1.93. The summed E-state index contributed by atoms with van der Waals surface area (Å²) in [5.74, 6) is 1.47. The summed E-state index contributed by atoms with van der Waals surface area (Å²) in [7, 11) is 1.93. The van der Waals surface area contributed by atoms with Crippen LogP contribution < -0.4 is 13.8 Å². The highest BCUT2D eigenvalue weighted by Crippen LogP contribution is 2.38. The zero-order valence-electron chi connectivity index (χ0n) is 28.0. The fourth-order valence-corrected chi connectivity index (χ4v) is 7.51. The lowest BCUT2D eigenvalue weighted by molar-refractivity contribution is -0.0249. The van der Waals surface area contributed by atoms with E-state index in [1.165, 1.54) is 0 Å². The van der Waals surface area contributed by atoms with Gasteiger partial charge in [-0.2, -0.15) is 4.21 Å². The predicted octanol–water partition coefficient (Wildman–Crippen LogP) is 8.56. The number of H-pyrrole nitrogens is 1. The number of nitrogens with one attached hydrogen (secondary N) is 2. The van der Waals surface area contributed by atoms with Gasteiger partial charge in [-0.3, -0.25) is 14.3 Å². The second-order valence-electron chi connectivity index (χ2n) is 13.0. The Hall–Kier alpha value is -5.08. The van der Waals surface area contributed by atoms with Crippen LogP contribution in [0.15, 0.2) is 72.9 Å². The fourth-order valence-electron chi connectivity index (χ4n) is 6.78. The van der Waals surface area contributed by atoms with E-state index in [-0.39, 0.29) is 29.2 Å². The first-order valence-electron chi connectivity index (χ1n) is 16.1. The fraction of sp³-hybridized carbons (Fsp3) is 0.324. The van der Waals surface area contributed by atoms with Gasteiger partial charge in [0, 0.05) is 24.5 Å². The first-order valence-corrected chi connectivity index (χ1v) is 17.2. The molecule has 3 aromatic carbocycles. The minimum atomic E-state index is -1.93. The molecule has 10 nitrogen and oxygen atoms in total. The molecule has 1 fully saturated rings. The van der Waals surface area contributed by atoms with E-state index in [1.54, 1.807) is 10.7 Å². The third-order valence-corrected chi connectivity index (χ3v) is 9.84. The van der Waals surface area contributed by atoms with Gasteiger partial charge in [0.25, 0.3) is 0 Å². The maximum Gasteiger partial charge on any atom is 0.331 e. The number of hydrogen-bond donors (Lipinski definition) is 2. The van der Waals surface area contributed by atoms with Gasteiger partial charge in [0.1, 0.15) is 17.4 Å². The van der Waals surface area contributed by atoms with Crippen LogP contribution in [0.2, 0.25) is 0 Å². The first kappa shape index (κ1) is 32.8. The number of aromatic nitrogens is 3. The standard InChI is InChI=1S/C37H40N6O4S/c1-22-13-14-24(3)32(19-22)47-48(45)41-29-20-27(15-16-31(29)42(7)28-11-9-8-10-12-28)35-39-36-33(30(38-6)21-43(36)40-35)37(44)46-34-25(4)17-23(2)18-26(34)5/h8-16,19-21,23,25-26,34,41H,17-18H2,1-5,7H3,(H,39,40). The number of ether oxygens (including phenoxy) is 1. The number of carbonyl (C=O) groups is 1. The Morgan fingerprint density at radius 3 is 2.50 bits per heavy atom. The van der Waals surface area contributed by atoms with E-state index in [4.69, 9.17) is 20.5 Å². The molecule has 1 aliphatic rings. The largest absolute Gasteiger partial charge is 0.459 e. The van der Waals surface area contributed by atoms with Crippen molar-refractivity contribution >= 4 is 45.6 Å². The number of fused-ring (bicyclic) bond motifs is 1. The van der Waals surface area contributed by atoms with Crippen molar-refractivity contribution in [3.8, 4) is 17.1 Å². The predicted molar refractivity (Wildman–Crippen MR) is 190 cm³/mol. The van der Waals surface area contributed by atoms with Crippen LogP contribution in [0.1, 0.15) is 55.1 Å². The van der Waals surface area contributed by atoms with Gasteiger partial charge in [-0.25, -0.2) is 14.6 Å². The van der Waals surface area contributed by atoms with Gasteiger partial charge in [-0.1, -0.05) is 51.1 Å². The number of hydrogen-bond acceptors (Lipinski definition) is 6. The molecule has 0 bridgehead atoms. The Morgan fingerprint density at radius 1 is 1.06 bits per heavy atom. The minimum Gasteiger partial charge on any atom is -0.459 e. The number of para-hydroxylation sites is 1. The van der Waals surface area contributed by atoms with Gasteiger partial charge in [-0.05, 0) is 92.0 Å². The number of esters is 1. The quantitative estimate of drug-likeness (QED) is 0.121. The Labute approximate surface area is 283 Å². The Morgan fingerprint density at radius 2 is 1.79 bits per heavy atom. The van der Waals surface area contributed by atoms with Crippen LogP contribution in [-0.4, -0.2) is 37.9 Å². The lowest BCUT2D eigenvalue weighted by Gasteiger charge is -2.37. The normalized spacial score (nSPS) is 19.8. The second-order valence-corrected chi connectivity index (χ2v) is 13.8. The Kier molecular flexibility index (Phi) is 9.29. The molecule has 0 saturated heterocycles. The van der Waals surface area contributed by atoms with Gasteiger partial charge in [0.15, 0.2) is 11.5 Å². The molecule has 5 aromatic rings. The second kappa shape index (κ2) is 13.6. The molecular weight excluding hydrogens is 625 g/mol. The SMILES string of the molecule is [C-]#[N+]c1cn2[nH]c(-c3ccc(N(C)c4ccccc4)c(NS(=O)Oc4cc(C)ccc4C)c3)nc2c1C(=O)OC1C(C)CC(C)CC1C. The molecule has 248 valence electrons. The van der Waals surface area contributed by atoms with Crippen molar-refractivity contribution in [3.63, 3.8) is 0 Å². The Bertz CT molecular complexity index is 2020. The molecule has 11 heteroatoms. The summed E-state index contributed by atoms with van der Waals surface area (Å²) in [5, 5.41) is 3.21. The van der Waals surface area contributed by atoms with E-state index in [1.807, 2.05) is 92.5 Å². The number of aryl methyl sites for hydroxylation is 2. The molecule has 1 saturated carbocycles. The molecule has 48 heavy (non-hydrogen) atoms. The molecule has 1 aliphatic carbocycles. The molecule has 3 atom stereocenters. The number of aromatic amines is 1. The summed E-state index contributed by atoms with van der Waals surface area (Å²) in [6.45, 7) is 18.1. The Balaban J connectivity index is 1.34. The maximum absolute atomic E-state index is 13.6.